The van der Waals surface area contributed by atoms with E-state index in [0.717, 1.165) is 22.8 Å². The number of aromatic carboxylic acids is 1. The number of thioether (sulfide) groups is 1. The molecule has 0 unspecified atom stereocenters. The molecular formula is C15H14O5S. The standard InChI is InChI=1S/C15H14O5S/c16-15(17)10-6-11(20-8-10)9-21-12-2-3-13-14(7-12)19-5-1-4-18-13/h2-3,6-8H,1,4-5,9H2,(H,16,17). The van der Waals surface area contributed by atoms with E-state index in [1.807, 2.05) is 18.2 Å². The number of ether oxygens (including phenoxy) is 2. The first-order chi connectivity index (χ1) is 10.2. The number of carboxylic acid groups (broad SMARTS) is 1. The third-order valence-corrected chi connectivity index (χ3v) is 4.02. The normalized spacial score (nSPS) is 13.7. The molecule has 1 aliphatic rings. The lowest BCUT2D eigenvalue weighted by molar-refractivity contribution is 0.0696. The molecule has 2 aromatic rings. The smallest absolute Gasteiger partial charge is 0.338 e. The molecule has 0 radical (unpaired) electrons. The molecule has 0 spiro atoms. The van der Waals surface area contributed by atoms with Crippen molar-refractivity contribution >= 4 is 17.7 Å². The highest BCUT2D eigenvalue weighted by atomic mass is 32.2. The average molecular weight is 306 g/mol. The number of fused-ring (bicyclic) bond motifs is 1. The van der Waals surface area contributed by atoms with E-state index in [1.165, 1.54) is 6.26 Å². The van der Waals surface area contributed by atoms with Crippen LogP contribution in [0.4, 0.5) is 0 Å². The number of benzene rings is 1. The molecule has 110 valence electrons. The molecule has 1 aliphatic heterocycles. The van der Waals surface area contributed by atoms with Crippen LogP contribution in [0.2, 0.25) is 0 Å². The fourth-order valence-corrected chi connectivity index (χ4v) is 2.77. The van der Waals surface area contributed by atoms with Crippen LogP contribution < -0.4 is 9.47 Å². The summed E-state index contributed by atoms with van der Waals surface area (Å²) in [5.41, 5.74) is 0.171. The minimum absolute atomic E-state index is 0.171. The van der Waals surface area contributed by atoms with Crippen LogP contribution in [0.1, 0.15) is 22.5 Å². The summed E-state index contributed by atoms with van der Waals surface area (Å²) in [6.07, 6.45) is 2.13. The molecule has 3 rings (SSSR count). The Hall–Kier alpha value is -2.08. The van der Waals surface area contributed by atoms with Gasteiger partial charge in [-0.2, -0.15) is 0 Å². The summed E-state index contributed by atoms with van der Waals surface area (Å²) < 4.78 is 16.4. The number of furan rings is 1. The molecule has 2 heterocycles. The SMILES string of the molecule is O=C(O)c1coc(CSc2ccc3c(c2)OCCCO3)c1. The zero-order valence-electron chi connectivity index (χ0n) is 11.2. The van der Waals surface area contributed by atoms with Crippen LogP contribution in [-0.2, 0) is 5.75 Å². The molecule has 0 fully saturated rings. The summed E-state index contributed by atoms with van der Waals surface area (Å²) in [6.45, 7) is 1.32. The van der Waals surface area contributed by atoms with Crippen molar-refractivity contribution in [2.24, 2.45) is 0 Å². The summed E-state index contributed by atoms with van der Waals surface area (Å²) in [7, 11) is 0. The molecule has 1 aromatic carbocycles. The van der Waals surface area contributed by atoms with Gasteiger partial charge >= 0.3 is 5.97 Å². The van der Waals surface area contributed by atoms with Gasteiger partial charge in [0.2, 0.25) is 0 Å². The summed E-state index contributed by atoms with van der Waals surface area (Å²) in [6, 6.07) is 7.33. The van der Waals surface area contributed by atoms with Crippen molar-refractivity contribution in [3.8, 4) is 11.5 Å². The second kappa shape index (κ2) is 6.13. The van der Waals surface area contributed by atoms with Crippen LogP contribution in [-0.4, -0.2) is 24.3 Å². The van der Waals surface area contributed by atoms with E-state index in [9.17, 15) is 4.79 Å². The predicted octanol–water partition coefficient (Wildman–Crippen LogP) is 3.43. The molecule has 1 aromatic heterocycles. The van der Waals surface area contributed by atoms with Crippen molar-refractivity contribution in [1.82, 2.24) is 0 Å². The molecule has 21 heavy (non-hydrogen) atoms. The molecule has 0 aliphatic carbocycles. The molecule has 0 atom stereocenters. The number of hydrogen-bond donors (Lipinski definition) is 1. The Morgan fingerprint density at radius 2 is 2.00 bits per heavy atom. The van der Waals surface area contributed by atoms with E-state index in [1.54, 1.807) is 17.8 Å². The summed E-state index contributed by atoms with van der Waals surface area (Å²) >= 11 is 1.56. The van der Waals surface area contributed by atoms with E-state index in [2.05, 4.69) is 0 Å². The molecule has 0 saturated carbocycles. The Morgan fingerprint density at radius 3 is 2.76 bits per heavy atom. The van der Waals surface area contributed by atoms with E-state index < -0.39 is 5.97 Å². The maximum Gasteiger partial charge on any atom is 0.338 e. The van der Waals surface area contributed by atoms with Crippen molar-refractivity contribution < 1.29 is 23.8 Å². The molecule has 6 heteroatoms. The fraction of sp³-hybridized carbons (Fsp3) is 0.267. The van der Waals surface area contributed by atoms with Crippen molar-refractivity contribution in [3.05, 3.63) is 41.9 Å². The first kappa shape index (κ1) is 13.9. The Kier molecular flexibility index (Phi) is 4.06. The minimum atomic E-state index is -0.981. The van der Waals surface area contributed by atoms with E-state index in [-0.39, 0.29) is 5.56 Å². The van der Waals surface area contributed by atoms with Gasteiger partial charge in [0.15, 0.2) is 11.5 Å². The van der Waals surface area contributed by atoms with Crippen LogP contribution >= 0.6 is 11.8 Å². The molecular weight excluding hydrogens is 292 g/mol. The highest BCUT2D eigenvalue weighted by Gasteiger charge is 2.12. The predicted molar refractivity (Wildman–Crippen MR) is 77.3 cm³/mol. The third-order valence-electron chi connectivity index (χ3n) is 3.00. The minimum Gasteiger partial charge on any atom is -0.490 e. The Bertz CT molecular complexity index is 649. The van der Waals surface area contributed by atoms with Crippen LogP contribution in [0, 0.1) is 0 Å². The Labute approximate surface area is 125 Å². The van der Waals surface area contributed by atoms with Gasteiger partial charge in [0.05, 0.1) is 24.5 Å². The first-order valence-electron chi connectivity index (χ1n) is 6.55. The summed E-state index contributed by atoms with van der Waals surface area (Å²) in [4.78, 5) is 11.8. The topological polar surface area (TPSA) is 68.9 Å². The number of rotatable bonds is 4. The van der Waals surface area contributed by atoms with Gasteiger partial charge in [0, 0.05) is 11.3 Å². The van der Waals surface area contributed by atoms with Gasteiger partial charge in [-0.25, -0.2) is 4.79 Å². The maximum absolute atomic E-state index is 10.8. The van der Waals surface area contributed by atoms with Crippen LogP contribution in [0.3, 0.4) is 0 Å². The highest BCUT2D eigenvalue weighted by molar-refractivity contribution is 7.98. The van der Waals surface area contributed by atoms with Crippen molar-refractivity contribution in [3.63, 3.8) is 0 Å². The molecule has 1 N–H and O–H groups in total. The number of hydrogen-bond acceptors (Lipinski definition) is 5. The molecule has 0 amide bonds. The number of carbonyl (C=O) groups is 1. The fourth-order valence-electron chi connectivity index (χ4n) is 1.96. The zero-order valence-corrected chi connectivity index (χ0v) is 12.0. The Balaban J connectivity index is 1.67. The van der Waals surface area contributed by atoms with Gasteiger partial charge < -0.3 is 19.0 Å². The second-order valence-corrected chi connectivity index (χ2v) is 5.60. The monoisotopic (exact) mass is 306 g/mol. The van der Waals surface area contributed by atoms with Crippen LogP contribution in [0.15, 0.2) is 39.8 Å². The van der Waals surface area contributed by atoms with Crippen molar-refractivity contribution in [2.45, 2.75) is 17.1 Å². The van der Waals surface area contributed by atoms with E-state index in [4.69, 9.17) is 19.0 Å². The van der Waals surface area contributed by atoms with Gasteiger partial charge in [0.1, 0.15) is 12.0 Å². The zero-order chi connectivity index (χ0) is 14.7. The van der Waals surface area contributed by atoms with E-state index >= 15 is 0 Å². The van der Waals surface area contributed by atoms with Gasteiger partial charge in [-0.15, -0.1) is 11.8 Å². The van der Waals surface area contributed by atoms with Gasteiger partial charge in [-0.1, -0.05) is 0 Å². The lowest BCUT2D eigenvalue weighted by Crippen LogP contribution is -1.97. The van der Waals surface area contributed by atoms with Crippen LogP contribution in [0.5, 0.6) is 11.5 Å². The molecule has 0 saturated heterocycles. The lowest BCUT2D eigenvalue weighted by Gasteiger charge is -2.08. The van der Waals surface area contributed by atoms with Crippen LogP contribution in [0.25, 0.3) is 0 Å². The van der Waals surface area contributed by atoms with Gasteiger partial charge in [0.25, 0.3) is 0 Å². The molecule has 5 nitrogen and oxygen atoms in total. The number of carboxylic acids is 1. The third kappa shape index (κ3) is 3.33. The maximum atomic E-state index is 10.8. The highest BCUT2D eigenvalue weighted by Crippen LogP contribution is 2.35. The second-order valence-electron chi connectivity index (χ2n) is 4.55. The lowest BCUT2D eigenvalue weighted by atomic mass is 10.3. The van der Waals surface area contributed by atoms with Crippen molar-refractivity contribution in [1.29, 1.82) is 0 Å². The average Bonchev–Trinajstić information content (AvgIpc) is 2.84. The van der Waals surface area contributed by atoms with Gasteiger partial charge in [-0.05, 0) is 24.3 Å². The molecule has 0 bridgehead atoms. The largest absolute Gasteiger partial charge is 0.490 e. The first-order valence-corrected chi connectivity index (χ1v) is 7.54. The van der Waals surface area contributed by atoms with Gasteiger partial charge in [-0.3, -0.25) is 0 Å². The summed E-state index contributed by atoms with van der Waals surface area (Å²) in [5, 5.41) is 8.85. The Morgan fingerprint density at radius 1 is 1.19 bits per heavy atom. The summed E-state index contributed by atoms with van der Waals surface area (Å²) in [5.74, 6) is 1.73. The van der Waals surface area contributed by atoms with Crippen molar-refractivity contribution in [2.75, 3.05) is 13.2 Å². The quantitative estimate of drug-likeness (QED) is 0.873. The van der Waals surface area contributed by atoms with E-state index in [0.29, 0.717) is 24.7 Å².